The smallest absolute Gasteiger partial charge is 0.242 e. The van der Waals surface area contributed by atoms with Crippen LogP contribution < -0.4 is 5.43 Å². The zero-order valence-corrected chi connectivity index (χ0v) is 24.8. The van der Waals surface area contributed by atoms with Gasteiger partial charge in [0, 0.05) is 26.8 Å². The summed E-state index contributed by atoms with van der Waals surface area (Å²) in [5.41, 5.74) is 2.43. The third-order valence-electron chi connectivity index (χ3n) is 9.81. The van der Waals surface area contributed by atoms with Gasteiger partial charge in [-0.15, -0.1) is 0 Å². The van der Waals surface area contributed by atoms with Crippen LogP contribution in [0.25, 0.3) is 11.0 Å². The highest BCUT2D eigenvalue weighted by molar-refractivity contribution is 5.88. The molecule has 0 radical (unpaired) electrons. The first-order valence-corrected chi connectivity index (χ1v) is 15.4. The number of aryl methyl sites for hydroxylation is 1. The molecule has 4 saturated carbocycles. The van der Waals surface area contributed by atoms with Crippen LogP contribution in [0.5, 0.6) is 0 Å². The molecule has 1 aromatic heterocycles. The zero-order chi connectivity index (χ0) is 29.3. The number of amides is 2. The molecule has 4 fully saturated rings. The van der Waals surface area contributed by atoms with E-state index in [1.807, 2.05) is 49.4 Å². The molecule has 2 aromatic carbocycles. The molecule has 0 N–H and O–H groups in total. The van der Waals surface area contributed by atoms with Crippen LogP contribution in [0.4, 0.5) is 0 Å². The molecule has 4 aliphatic rings. The minimum atomic E-state index is -0.330. The van der Waals surface area contributed by atoms with Crippen molar-refractivity contribution in [1.82, 2.24) is 9.80 Å². The van der Waals surface area contributed by atoms with Gasteiger partial charge in [-0.25, -0.2) is 0 Å². The van der Waals surface area contributed by atoms with Crippen LogP contribution in [0.3, 0.4) is 0 Å². The molecule has 0 saturated heterocycles. The van der Waals surface area contributed by atoms with E-state index in [2.05, 4.69) is 0 Å². The SMILES string of the molecule is COCCCN(CC(=O)N(Cc1ccccc1)Cc1coc2ccc(C)cc2c1=O)C(=O)C12CC3CC(CC(C3)C1)C2. The van der Waals surface area contributed by atoms with E-state index in [-0.39, 0.29) is 35.7 Å². The fraction of sp³-hybridized carbons (Fsp3) is 0.514. The van der Waals surface area contributed by atoms with Gasteiger partial charge in [-0.2, -0.15) is 0 Å². The standard InChI is InChI=1S/C35H42N2O5/c1-24-9-10-31-30(13-24)33(39)29(23-42-31)21-37(20-25-7-4-3-5-8-25)32(38)22-36(11-6-12-41-2)34(40)35-17-26-14-27(18-35)16-28(15-26)19-35/h3-5,7-10,13,23,26-28H,6,11-12,14-22H2,1-2H3. The van der Waals surface area contributed by atoms with Crippen molar-refractivity contribution in [2.24, 2.45) is 23.2 Å². The summed E-state index contributed by atoms with van der Waals surface area (Å²) in [4.78, 5) is 45.4. The minimum Gasteiger partial charge on any atom is -0.464 e. The normalized spacial score (nSPS) is 24.2. The summed E-state index contributed by atoms with van der Waals surface area (Å²) in [6.07, 6.45) is 8.79. The maximum atomic E-state index is 14.3. The first kappa shape index (κ1) is 28.7. The van der Waals surface area contributed by atoms with Gasteiger partial charge in [0.05, 0.1) is 35.7 Å². The topological polar surface area (TPSA) is 80.1 Å². The Bertz CT molecular complexity index is 1460. The molecule has 0 spiro atoms. The number of benzene rings is 2. The molecule has 3 aromatic rings. The zero-order valence-electron chi connectivity index (χ0n) is 24.8. The Labute approximate surface area is 247 Å². The second kappa shape index (κ2) is 12.0. The van der Waals surface area contributed by atoms with Crippen LogP contribution in [0.15, 0.2) is 64.0 Å². The van der Waals surface area contributed by atoms with E-state index < -0.39 is 0 Å². The summed E-state index contributed by atoms with van der Waals surface area (Å²) in [5.74, 6) is 1.90. The molecule has 0 atom stereocenters. The van der Waals surface area contributed by atoms with E-state index in [4.69, 9.17) is 9.15 Å². The minimum absolute atomic E-state index is 0.00481. The highest BCUT2D eigenvalue weighted by Gasteiger charge is 2.55. The van der Waals surface area contributed by atoms with E-state index in [1.165, 1.54) is 25.5 Å². The number of hydrogen-bond acceptors (Lipinski definition) is 5. The van der Waals surface area contributed by atoms with Gasteiger partial charge in [0.1, 0.15) is 5.58 Å². The molecule has 7 rings (SSSR count). The van der Waals surface area contributed by atoms with E-state index >= 15 is 0 Å². The van der Waals surface area contributed by atoms with Crippen molar-refractivity contribution in [2.45, 2.75) is 65.0 Å². The van der Waals surface area contributed by atoms with Crippen LogP contribution >= 0.6 is 0 Å². The third-order valence-corrected chi connectivity index (χ3v) is 9.81. The Morgan fingerprint density at radius 3 is 2.31 bits per heavy atom. The average Bonchev–Trinajstić information content (AvgIpc) is 2.97. The molecule has 7 heteroatoms. The monoisotopic (exact) mass is 570 g/mol. The Morgan fingerprint density at radius 1 is 0.952 bits per heavy atom. The fourth-order valence-electron chi connectivity index (χ4n) is 8.26. The van der Waals surface area contributed by atoms with Gasteiger partial charge in [0.2, 0.25) is 11.8 Å². The lowest BCUT2D eigenvalue weighted by molar-refractivity contribution is -0.160. The summed E-state index contributed by atoms with van der Waals surface area (Å²) in [7, 11) is 1.66. The first-order valence-electron chi connectivity index (χ1n) is 15.4. The van der Waals surface area contributed by atoms with Gasteiger partial charge < -0.3 is 19.0 Å². The molecule has 4 aliphatic carbocycles. The van der Waals surface area contributed by atoms with Gasteiger partial charge in [-0.05, 0) is 87.3 Å². The molecule has 2 amide bonds. The lowest BCUT2D eigenvalue weighted by Crippen LogP contribution is -2.56. The van der Waals surface area contributed by atoms with Crippen molar-refractivity contribution in [3.8, 4) is 0 Å². The highest BCUT2D eigenvalue weighted by Crippen LogP contribution is 2.60. The maximum Gasteiger partial charge on any atom is 0.242 e. The predicted octanol–water partition coefficient (Wildman–Crippen LogP) is 5.71. The molecule has 4 bridgehead atoms. The third kappa shape index (κ3) is 5.89. The van der Waals surface area contributed by atoms with E-state index in [9.17, 15) is 14.4 Å². The Kier molecular flexibility index (Phi) is 8.22. The molecule has 0 aliphatic heterocycles. The maximum absolute atomic E-state index is 14.3. The highest BCUT2D eigenvalue weighted by atomic mass is 16.5. The number of ether oxygens (including phenoxy) is 1. The lowest BCUT2D eigenvalue weighted by atomic mass is 9.49. The van der Waals surface area contributed by atoms with Crippen LogP contribution in [0.2, 0.25) is 0 Å². The molecule has 0 unspecified atom stereocenters. The summed E-state index contributed by atoms with van der Waals surface area (Å²) in [6, 6.07) is 15.3. The van der Waals surface area contributed by atoms with Crippen molar-refractivity contribution < 1.29 is 18.7 Å². The number of methoxy groups -OCH3 is 1. The van der Waals surface area contributed by atoms with Gasteiger partial charge in [-0.1, -0.05) is 42.0 Å². The van der Waals surface area contributed by atoms with E-state index in [1.54, 1.807) is 23.0 Å². The van der Waals surface area contributed by atoms with Gasteiger partial charge in [0.15, 0.2) is 5.43 Å². The Morgan fingerprint density at radius 2 is 1.64 bits per heavy atom. The van der Waals surface area contributed by atoms with Gasteiger partial charge in [0.25, 0.3) is 0 Å². The van der Waals surface area contributed by atoms with Gasteiger partial charge >= 0.3 is 0 Å². The number of rotatable bonds is 11. The van der Waals surface area contributed by atoms with Crippen LogP contribution in [-0.2, 0) is 27.4 Å². The summed E-state index contributed by atoms with van der Waals surface area (Å²) in [5, 5.41) is 0.512. The lowest BCUT2D eigenvalue weighted by Gasteiger charge is -2.56. The quantitative estimate of drug-likeness (QED) is 0.276. The number of hydrogen-bond donors (Lipinski definition) is 0. The van der Waals surface area contributed by atoms with Crippen molar-refractivity contribution in [3.63, 3.8) is 0 Å². The second-order valence-electron chi connectivity index (χ2n) is 13.1. The largest absolute Gasteiger partial charge is 0.464 e. The Balaban J connectivity index is 1.27. The summed E-state index contributed by atoms with van der Waals surface area (Å²) >= 11 is 0. The van der Waals surface area contributed by atoms with Crippen LogP contribution in [0, 0.1) is 30.1 Å². The number of carbonyl (C=O) groups excluding carboxylic acids is 2. The molecular weight excluding hydrogens is 528 g/mol. The van der Waals surface area contributed by atoms with Crippen molar-refractivity contribution in [1.29, 1.82) is 0 Å². The Hall–Kier alpha value is -3.45. The average molecular weight is 571 g/mol. The summed E-state index contributed by atoms with van der Waals surface area (Å²) < 4.78 is 11.1. The van der Waals surface area contributed by atoms with Crippen LogP contribution in [-0.4, -0.2) is 48.4 Å². The number of nitrogens with zero attached hydrogens (tertiary/aromatic N) is 2. The number of fused-ring (bicyclic) bond motifs is 1. The molecule has 222 valence electrons. The van der Waals surface area contributed by atoms with E-state index in [0.29, 0.717) is 60.4 Å². The summed E-state index contributed by atoms with van der Waals surface area (Å²) in [6.45, 7) is 3.39. The van der Waals surface area contributed by atoms with Crippen LogP contribution in [0.1, 0.15) is 61.6 Å². The van der Waals surface area contributed by atoms with Crippen molar-refractivity contribution in [3.05, 3.63) is 81.7 Å². The number of carbonyl (C=O) groups is 2. The van der Waals surface area contributed by atoms with Crippen molar-refractivity contribution >= 4 is 22.8 Å². The van der Waals surface area contributed by atoms with E-state index in [0.717, 1.165) is 30.4 Å². The molecule has 7 nitrogen and oxygen atoms in total. The molecule has 42 heavy (non-hydrogen) atoms. The molecule has 1 heterocycles. The first-order chi connectivity index (χ1) is 20.3. The fourth-order valence-corrected chi connectivity index (χ4v) is 8.26. The van der Waals surface area contributed by atoms with Gasteiger partial charge in [-0.3, -0.25) is 14.4 Å². The molecular formula is C35H42N2O5. The second-order valence-corrected chi connectivity index (χ2v) is 13.1. The van der Waals surface area contributed by atoms with Crippen molar-refractivity contribution in [2.75, 3.05) is 26.8 Å². The predicted molar refractivity (Wildman–Crippen MR) is 162 cm³/mol.